The van der Waals surface area contributed by atoms with Gasteiger partial charge in [0.2, 0.25) is 0 Å². The monoisotopic (exact) mass is 1110 g/mol. The van der Waals surface area contributed by atoms with Gasteiger partial charge in [-0.15, -0.1) is 18.2 Å². The Kier molecular flexibility index (Phi) is 11.8. The number of rotatable bonds is 7. The van der Waals surface area contributed by atoms with Crippen molar-refractivity contribution in [2.75, 3.05) is 0 Å². The van der Waals surface area contributed by atoms with Crippen LogP contribution in [0, 0.1) is 24.8 Å². The standard InChI is InChI=1S/C41H31FN3O.C17H22GeN.Ir/c1-25-16-18-26(19-17-25)28-22-36-37(43-24-28)31-13-8-14-32(39(31)46-36)40-44-34-21-20-29(42)23-35(34)45(40)38-30(27-10-6-5-7-11-27)12-9-15-33(38)41(2,3)4;1-13(2)14-6-8-15(9-7-14)17-11-10-16(12-19-17)18(3,4)5;/h5-13,15-24H,1-4H3;6-8,10-13H,1-5H3;/q2*-1;/i1D3;13D;. The van der Waals surface area contributed by atoms with Gasteiger partial charge < -0.3 is 8.98 Å². The summed E-state index contributed by atoms with van der Waals surface area (Å²) in [5, 5.41) is 0.797. The number of halogens is 1. The van der Waals surface area contributed by atoms with E-state index in [0.717, 1.165) is 55.7 Å². The summed E-state index contributed by atoms with van der Waals surface area (Å²) in [5.41, 5.74) is 12.3. The van der Waals surface area contributed by atoms with Crippen LogP contribution >= 0.6 is 0 Å². The third kappa shape index (κ3) is 9.35. The van der Waals surface area contributed by atoms with Gasteiger partial charge in [-0.05, 0) is 58.6 Å². The van der Waals surface area contributed by atoms with Gasteiger partial charge in [-0.25, -0.2) is 4.39 Å². The minimum absolute atomic E-state index is 0. The number of hydrogen-bond acceptors (Lipinski definition) is 4. The van der Waals surface area contributed by atoms with Gasteiger partial charge in [-0.2, -0.15) is 0 Å². The van der Waals surface area contributed by atoms with E-state index >= 15 is 4.39 Å². The fourth-order valence-electron chi connectivity index (χ4n) is 8.17. The molecule has 0 aliphatic heterocycles. The van der Waals surface area contributed by atoms with Crippen LogP contribution in [0.3, 0.4) is 0 Å². The van der Waals surface area contributed by atoms with Crippen LogP contribution in [0.5, 0.6) is 0 Å². The van der Waals surface area contributed by atoms with Crippen molar-refractivity contribution in [1.82, 2.24) is 19.5 Å². The maximum atomic E-state index is 15.0. The summed E-state index contributed by atoms with van der Waals surface area (Å²) in [6.45, 7) is 8.12. The van der Waals surface area contributed by atoms with Gasteiger partial charge in [-0.3, -0.25) is 9.97 Å². The molecule has 66 heavy (non-hydrogen) atoms. The molecule has 0 aliphatic carbocycles. The molecule has 4 aromatic heterocycles. The molecule has 0 amide bonds. The van der Waals surface area contributed by atoms with Crippen LogP contribution < -0.4 is 4.40 Å². The van der Waals surface area contributed by atoms with Crippen LogP contribution in [0.15, 0.2) is 156 Å². The summed E-state index contributed by atoms with van der Waals surface area (Å²) in [4.78, 5) is 14.5. The molecule has 0 N–H and O–H groups in total. The first kappa shape index (κ1) is 41.4. The third-order valence-corrected chi connectivity index (χ3v) is 16.0. The second-order valence-electron chi connectivity index (χ2n) is 18.7. The molecule has 333 valence electrons. The first-order chi connectivity index (χ1) is 32.6. The summed E-state index contributed by atoms with van der Waals surface area (Å²) in [5.74, 6) is 6.74. The van der Waals surface area contributed by atoms with Crippen LogP contribution in [0.4, 0.5) is 4.39 Å². The zero-order chi connectivity index (χ0) is 49.0. The van der Waals surface area contributed by atoms with Crippen LogP contribution in [-0.2, 0) is 25.5 Å². The van der Waals surface area contributed by atoms with E-state index in [9.17, 15) is 0 Å². The molecule has 0 fully saturated rings. The minimum atomic E-state index is -2.18. The van der Waals surface area contributed by atoms with Crippen LogP contribution in [0.1, 0.15) is 62.7 Å². The van der Waals surface area contributed by atoms with Crippen molar-refractivity contribution in [2.24, 2.45) is 0 Å². The number of aromatic nitrogens is 4. The maximum Gasteiger partial charge on any atom is 0.139 e. The molecular weight excluding hydrogens is 1050 g/mol. The molecule has 10 aromatic rings. The molecule has 0 bridgehead atoms. The van der Waals surface area contributed by atoms with Gasteiger partial charge in [-0.1, -0.05) is 105 Å². The van der Waals surface area contributed by atoms with Crippen molar-refractivity contribution in [1.29, 1.82) is 0 Å². The van der Waals surface area contributed by atoms with E-state index in [0.29, 0.717) is 39.1 Å². The Bertz CT molecular complexity index is 3420. The summed E-state index contributed by atoms with van der Waals surface area (Å²) in [6.07, 6.45) is 3.78. The summed E-state index contributed by atoms with van der Waals surface area (Å²) >= 11 is -1.78. The first-order valence-corrected chi connectivity index (χ1v) is 29.2. The van der Waals surface area contributed by atoms with Crippen molar-refractivity contribution in [3.8, 4) is 50.6 Å². The zero-order valence-corrected chi connectivity index (χ0v) is 42.8. The minimum Gasteiger partial charge on any atom is -0.499 e. The van der Waals surface area contributed by atoms with Crippen LogP contribution in [0.2, 0.25) is 17.3 Å². The second kappa shape index (κ2) is 18.7. The Morgan fingerprint density at radius 1 is 0.788 bits per heavy atom. The number of pyridine rings is 2. The fourth-order valence-corrected chi connectivity index (χ4v) is 10.3. The summed E-state index contributed by atoms with van der Waals surface area (Å²) in [7, 11) is 0. The largest absolute Gasteiger partial charge is 0.499 e. The van der Waals surface area contributed by atoms with Crippen molar-refractivity contribution < 1.29 is 34.4 Å². The smallest absolute Gasteiger partial charge is 0.139 e. The Morgan fingerprint density at radius 2 is 1.58 bits per heavy atom. The van der Waals surface area contributed by atoms with E-state index in [1.165, 1.54) is 16.5 Å². The fraction of sp³-hybridized carbons (Fsp3) is 0.190. The molecule has 10 rings (SSSR count). The molecule has 0 atom stereocenters. The number of furan rings is 1. The molecule has 4 heterocycles. The number of nitrogens with zero attached hydrogens (tertiary/aromatic N) is 4. The molecule has 0 saturated heterocycles. The van der Waals surface area contributed by atoms with E-state index in [-0.39, 0.29) is 36.9 Å². The number of benzene rings is 6. The Balaban J connectivity index is 0.000000264. The van der Waals surface area contributed by atoms with Crippen molar-refractivity contribution in [3.63, 3.8) is 0 Å². The molecule has 0 saturated carbocycles. The van der Waals surface area contributed by atoms with Crippen molar-refractivity contribution in [3.05, 3.63) is 187 Å². The van der Waals surface area contributed by atoms with Gasteiger partial charge in [0, 0.05) is 41.5 Å². The van der Waals surface area contributed by atoms with E-state index in [2.05, 4.69) is 97.6 Å². The third-order valence-electron chi connectivity index (χ3n) is 11.8. The quantitative estimate of drug-likeness (QED) is 0.118. The predicted molar refractivity (Wildman–Crippen MR) is 270 cm³/mol. The predicted octanol–water partition coefficient (Wildman–Crippen LogP) is 15.1. The number of hydrogen-bond donors (Lipinski definition) is 0. The van der Waals surface area contributed by atoms with E-state index in [1.807, 2.05) is 79.2 Å². The molecule has 6 aromatic carbocycles. The van der Waals surface area contributed by atoms with Crippen molar-refractivity contribution >= 4 is 50.8 Å². The number of aryl methyl sites for hydroxylation is 1. The Hall–Kier alpha value is -5.99. The maximum absolute atomic E-state index is 15.0. The number of fused-ring (bicyclic) bond motifs is 4. The first-order valence-electron chi connectivity index (χ1n) is 23.9. The molecule has 0 aliphatic rings. The van der Waals surface area contributed by atoms with Crippen LogP contribution in [-0.4, -0.2) is 32.8 Å². The average Bonchev–Trinajstić information content (AvgIpc) is 3.88. The number of imidazole rings is 1. The van der Waals surface area contributed by atoms with Gasteiger partial charge in [0.15, 0.2) is 0 Å². The topological polar surface area (TPSA) is 56.7 Å². The molecule has 1 radical (unpaired) electrons. The normalized spacial score (nSPS) is 13.0. The molecule has 8 heteroatoms. The zero-order valence-electron chi connectivity index (χ0n) is 42.3. The Morgan fingerprint density at radius 3 is 2.24 bits per heavy atom. The molecule has 0 spiro atoms. The molecule has 0 unspecified atom stereocenters. The van der Waals surface area contributed by atoms with Gasteiger partial charge in [0.1, 0.15) is 11.4 Å². The van der Waals surface area contributed by atoms with Crippen molar-refractivity contribution in [2.45, 2.75) is 70.0 Å². The molecule has 5 nitrogen and oxygen atoms in total. The SMILES string of the molecule is [2H]C(C)(C)c1c[c-]c(-c2cc[c]([Ge]([CH3])([CH3])[CH3])cn2)cc1.[2H]C([2H])([2H])c1ccc(-c2cnc3c(c2)oc2c(-c4nc5ccc(F)cc5n4-c4c(-c5ccccc5)cccc4C(C)(C)C)[c-]ccc23)cc1.[Ir]. The Labute approximate surface area is 409 Å². The van der Waals surface area contributed by atoms with Gasteiger partial charge >= 0.3 is 120 Å². The molecular formula is C58H53FGeIrN4O-2. The van der Waals surface area contributed by atoms with E-state index in [1.54, 1.807) is 36.5 Å². The second-order valence-corrected chi connectivity index (χ2v) is 29.4. The average molecular weight is 1110 g/mol. The van der Waals surface area contributed by atoms with Crippen LogP contribution in [0.25, 0.3) is 83.7 Å². The van der Waals surface area contributed by atoms with E-state index in [4.69, 9.17) is 19.9 Å². The van der Waals surface area contributed by atoms with Gasteiger partial charge in [0.05, 0.1) is 33.6 Å². The van der Waals surface area contributed by atoms with E-state index < -0.39 is 26.0 Å². The summed E-state index contributed by atoms with van der Waals surface area (Å²) in [6, 6.07) is 50.5. The summed E-state index contributed by atoms with van der Waals surface area (Å²) < 4.78 is 56.2. The number of para-hydroxylation sites is 1. The van der Waals surface area contributed by atoms with Gasteiger partial charge in [0.25, 0.3) is 0 Å².